The summed E-state index contributed by atoms with van der Waals surface area (Å²) >= 11 is 0. The summed E-state index contributed by atoms with van der Waals surface area (Å²) in [5.41, 5.74) is 2.07. The number of benzene rings is 1. The highest BCUT2D eigenvalue weighted by Gasteiger charge is 2.43. The Morgan fingerprint density at radius 3 is 2.35 bits per heavy atom. The summed E-state index contributed by atoms with van der Waals surface area (Å²) in [5, 5.41) is 1.33. The molecule has 3 rings (SSSR count). The van der Waals surface area contributed by atoms with Crippen molar-refractivity contribution in [1.29, 1.82) is 0 Å². The lowest BCUT2D eigenvalue weighted by Gasteiger charge is -2.32. The SMILES string of the molecule is Cc1ccc(/C=C/S(=O)(=O)N2C3CCC2COC3)cc1. The smallest absolute Gasteiger partial charge is 0.236 e. The third kappa shape index (κ3) is 2.66. The number of morpholine rings is 1. The molecule has 0 amide bonds. The van der Waals surface area contributed by atoms with Crippen LogP contribution in [0.15, 0.2) is 29.7 Å². The minimum Gasteiger partial charge on any atom is -0.378 e. The van der Waals surface area contributed by atoms with Gasteiger partial charge in [-0.15, -0.1) is 0 Å². The van der Waals surface area contributed by atoms with Gasteiger partial charge in [0.05, 0.1) is 13.2 Å². The fourth-order valence-electron chi connectivity index (χ4n) is 2.92. The predicted octanol–water partition coefficient (Wildman–Crippen LogP) is 2.16. The van der Waals surface area contributed by atoms with Gasteiger partial charge in [0.1, 0.15) is 0 Å². The lowest BCUT2D eigenvalue weighted by atomic mass is 10.2. The average molecular weight is 293 g/mol. The summed E-state index contributed by atoms with van der Waals surface area (Å²) < 4.78 is 32.0. The van der Waals surface area contributed by atoms with Gasteiger partial charge in [-0.1, -0.05) is 29.8 Å². The Hall–Kier alpha value is -1.17. The zero-order valence-corrected chi connectivity index (χ0v) is 12.3. The van der Waals surface area contributed by atoms with Crippen molar-refractivity contribution in [3.8, 4) is 0 Å². The Morgan fingerprint density at radius 2 is 1.75 bits per heavy atom. The van der Waals surface area contributed by atoms with Gasteiger partial charge in [0.2, 0.25) is 10.0 Å². The molecule has 0 spiro atoms. The predicted molar refractivity (Wildman–Crippen MR) is 78.6 cm³/mol. The molecular weight excluding hydrogens is 274 g/mol. The molecule has 2 atom stereocenters. The first-order valence-electron chi connectivity index (χ1n) is 6.92. The normalized spacial score (nSPS) is 27.2. The number of nitrogens with zero attached hydrogens (tertiary/aromatic N) is 1. The first kappa shape index (κ1) is 13.8. The van der Waals surface area contributed by atoms with Gasteiger partial charge < -0.3 is 4.74 Å². The highest BCUT2D eigenvalue weighted by molar-refractivity contribution is 7.92. The van der Waals surface area contributed by atoms with E-state index in [1.807, 2.05) is 31.2 Å². The van der Waals surface area contributed by atoms with Crippen molar-refractivity contribution in [2.45, 2.75) is 31.8 Å². The first-order valence-corrected chi connectivity index (χ1v) is 8.42. The van der Waals surface area contributed by atoms with E-state index in [0.717, 1.165) is 24.0 Å². The summed E-state index contributed by atoms with van der Waals surface area (Å²) in [6.45, 7) is 3.05. The Balaban J connectivity index is 1.80. The number of sulfonamides is 1. The van der Waals surface area contributed by atoms with Crippen LogP contribution in [0.3, 0.4) is 0 Å². The molecule has 0 saturated carbocycles. The number of fused-ring (bicyclic) bond motifs is 2. The van der Waals surface area contributed by atoms with Gasteiger partial charge in [-0.25, -0.2) is 8.42 Å². The van der Waals surface area contributed by atoms with E-state index in [2.05, 4.69) is 0 Å². The lowest BCUT2D eigenvalue weighted by molar-refractivity contribution is 0.0275. The van der Waals surface area contributed by atoms with Crippen LogP contribution in [0.25, 0.3) is 6.08 Å². The van der Waals surface area contributed by atoms with Gasteiger partial charge in [-0.05, 0) is 31.4 Å². The molecule has 2 saturated heterocycles. The molecular formula is C15H19NO3S. The van der Waals surface area contributed by atoms with Crippen LogP contribution in [-0.4, -0.2) is 38.0 Å². The minimum absolute atomic E-state index is 0.0152. The second kappa shape index (κ2) is 5.31. The van der Waals surface area contributed by atoms with Crippen molar-refractivity contribution in [3.05, 3.63) is 40.8 Å². The van der Waals surface area contributed by atoms with E-state index < -0.39 is 10.0 Å². The van der Waals surface area contributed by atoms with E-state index in [1.165, 1.54) is 5.41 Å². The lowest BCUT2D eigenvalue weighted by Crippen LogP contribution is -2.48. The third-order valence-corrected chi connectivity index (χ3v) is 5.64. The topological polar surface area (TPSA) is 46.6 Å². The van der Waals surface area contributed by atoms with Crippen LogP contribution in [0.2, 0.25) is 0 Å². The van der Waals surface area contributed by atoms with Crippen LogP contribution >= 0.6 is 0 Å². The standard InChI is InChI=1S/C15H19NO3S/c1-12-2-4-13(5-3-12)8-9-20(17,18)16-14-6-7-15(16)11-19-10-14/h2-5,8-9,14-15H,6-7,10-11H2,1H3/b9-8+. The molecule has 2 bridgehead atoms. The molecule has 20 heavy (non-hydrogen) atoms. The Labute approximate surface area is 120 Å². The fourth-order valence-corrected chi connectivity index (χ4v) is 4.55. The molecule has 0 aromatic heterocycles. The van der Waals surface area contributed by atoms with Gasteiger partial charge in [0, 0.05) is 17.5 Å². The van der Waals surface area contributed by atoms with Gasteiger partial charge in [0.25, 0.3) is 0 Å². The molecule has 2 aliphatic rings. The molecule has 1 aromatic rings. The Morgan fingerprint density at radius 1 is 1.15 bits per heavy atom. The molecule has 4 nitrogen and oxygen atoms in total. The molecule has 108 valence electrons. The Bertz CT molecular complexity index is 591. The van der Waals surface area contributed by atoms with Crippen molar-refractivity contribution < 1.29 is 13.2 Å². The van der Waals surface area contributed by atoms with E-state index in [-0.39, 0.29) is 12.1 Å². The summed E-state index contributed by atoms with van der Waals surface area (Å²) in [4.78, 5) is 0. The first-order chi connectivity index (χ1) is 9.56. The zero-order valence-electron chi connectivity index (χ0n) is 11.5. The molecule has 2 heterocycles. The molecule has 2 unspecified atom stereocenters. The van der Waals surface area contributed by atoms with Crippen LogP contribution in [0.5, 0.6) is 0 Å². The van der Waals surface area contributed by atoms with Gasteiger partial charge in [0.15, 0.2) is 0 Å². The maximum Gasteiger partial charge on any atom is 0.236 e. The molecule has 1 aromatic carbocycles. The largest absolute Gasteiger partial charge is 0.378 e. The number of hydrogen-bond donors (Lipinski definition) is 0. The second-order valence-corrected chi connectivity index (χ2v) is 7.23. The van der Waals surface area contributed by atoms with E-state index in [4.69, 9.17) is 4.74 Å². The monoisotopic (exact) mass is 293 g/mol. The maximum absolute atomic E-state index is 12.5. The number of aryl methyl sites for hydroxylation is 1. The Kier molecular flexibility index (Phi) is 3.67. The van der Waals surface area contributed by atoms with Crippen molar-refractivity contribution in [1.82, 2.24) is 4.31 Å². The highest BCUT2D eigenvalue weighted by Crippen LogP contribution is 2.32. The van der Waals surface area contributed by atoms with Crippen molar-refractivity contribution in [2.75, 3.05) is 13.2 Å². The molecule has 0 aliphatic carbocycles. The summed E-state index contributed by atoms with van der Waals surface area (Å²) in [6, 6.07) is 7.84. The number of ether oxygens (including phenoxy) is 1. The number of hydrogen-bond acceptors (Lipinski definition) is 3. The average Bonchev–Trinajstić information content (AvgIpc) is 2.70. The van der Waals surface area contributed by atoms with Crippen LogP contribution in [0.1, 0.15) is 24.0 Å². The van der Waals surface area contributed by atoms with E-state index in [0.29, 0.717) is 13.2 Å². The van der Waals surface area contributed by atoms with Crippen LogP contribution in [0.4, 0.5) is 0 Å². The summed E-state index contributed by atoms with van der Waals surface area (Å²) in [7, 11) is -3.35. The van der Waals surface area contributed by atoms with Crippen molar-refractivity contribution in [2.24, 2.45) is 0 Å². The van der Waals surface area contributed by atoms with Crippen LogP contribution in [-0.2, 0) is 14.8 Å². The maximum atomic E-state index is 12.5. The van der Waals surface area contributed by atoms with Crippen LogP contribution in [0, 0.1) is 6.92 Å². The molecule has 0 radical (unpaired) electrons. The molecule has 5 heteroatoms. The quantitative estimate of drug-likeness (QED) is 0.858. The molecule has 2 aliphatic heterocycles. The number of rotatable bonds is 3. The zero-order chi connectivity index (χ0) is 14.2. The molecule has 2 fully saturated rings. The van der Waals surface area contributed by atoms with Gasteiger partial charge >= 0.3 is 0 Å². The third-order valence-electron chi connectivity index (χ3n) is 3.98. The highest BCUT2D eigenvalue weighted by atomic mass is 32.2. The van der Waals surface area contributed by atoms with Crippen molar-refractivity contribution in [3.63, 3.8) is 0 Å². The van der Waals surface area contributed by atoms with E-state index in [9.17, 15) is 8.42 Å². The van der Waals surface area contributed by atoms with Crippen molar-refractivity contribution >= 4 is 16.1 Å². The van der Waals surface area contributed by atoms with E-state index >= 15 is 0 Å². The second-order valence-electron chi connectivity index (χ2n) is 5.51. The fraction of sp³-hybridized carbons (Fsp3) is 0.467. The van der Waals surface area contributed by atoms with Gasteiger partial charge in [-0.2, -0.15) is 4.31 Å². The molecule has 0 N–H and O–H groups in total. The van der Waals surface area contributed by atoms with E-state index in [1.54, 1.807) is 10.4 Å². The summed E-state index contributed by atoms with van der Waals surface area (Å²) in [5.74, 6) is 0. The summed E-state index contributed by atoms with van der Waals surface area (Å²) in [6.07, 6.45) is 3.48. The van der Waals surface area contributed by atoms with Crippen LogP contribution < -0.4 is 0 Å². The van der Waals surface area contributed by atoms with Gasteiger partial charge in [-0.3, -0.25) is 0 Å². The minimum atomic E-state index is -3.35.